The van der Waals surface area contributed by atoms with Crippen molar-refractivity contribution in [2.75, 3.05) is 14.2 Å². The summed E-state index contributed by atoms with van der Waals surface area (Å²) in [6.07, 6.45) is -0.382. The lowest BCUT2D eigenvalue weighted by atomic mass is 9.72. The van der Waals surface area contributed by atoms with Crippen LogP contribution in [0.5, 0.6) is 0 Å². The Morgan fingerprint density at radius 2 is 1.15 bits per heavy atom. The second-order valence-electron chi connectivity index (χ2n) is 8.27. The lowest BCUT2D eigenvalue weighted by Gasteiger charge is -2.31. The van der Waals surface area contributed by atoms with Crippen molar-refractivity contribution < 1.29 is 23.8 Å². The topological polar surface area (TPSA) is 61.8 Å². The lowest BCUT2D eigenvalue weighted by Crippen LogP contribution is -2.51. The quantitative estimate of drug-likeness (QED) is 0.420. The van der Waals surface area contributed by atoms with Gasteiger partial charge in [-0.25, -0.2) is 0 Å². The van der Waals surface area contributed by atoms with Crippen molar-refractivity contribution in [3.8, 4) is 0 Å². The summed E-state index contributed by atoms with van der Waals surface area (Å²) in [6, 6.07) is 29.1. The highest BCUT2D eigenvalue weighted by atomic mass is 16.6. The van der Waals surface area contributed by atoms with Gasteiger partial charge in [-0.3, -0.25) is 9.59 Å². The molecular weight excluding hydrogens is 416 g/mol. The molecule has 0 amide bonds. The molecule has 1 spiro atoms. The predicted octanol–water partition coefficient (Wildman–Crippen LogP) is 4.84. The normalized spacial score (nSPS) is 19.9. The van der Waals surface area contributed by atoms with Crippen LogP contribution >= 0.6 is 0 Å². The van der Waals surface area contributed by atoms with Crippen LogP contribution in [0.2, 0.25) is 0 Å². The monoisotopic (exact) mass is 440 g/mol. The number of ether oxygens (including phenoxy) is 3. The molecule has 2 aliphatic rings. The fourth-order valence-corrected chi connectivity index (χ4v) is 5.23. The van der Waals surface area contributed by atoms with E-state index >= 15 is 0 Å². The Morgan fingerprint density at radius 1 is 0.727 bits per heavy atom. The van der Waals surface area contributed by atoms with Crippen LogP contribution in [0, 0.1) is 5.41 Å². The Bertz CT molecular complexity index is 1150. The van der Waals surface area contributed by atoms with E-state index in [9.17, 15) is 9.59 Å². The summed E-state index contributed by atoms with van der Waals surface area (Å²) >= 11 is 0. The van der Waals surface area contributed by atoms with E-state index in [2.05, 4.69) is 0 Å². The first-order valence-corrected chi connectivity index (χ1v) is 10.9. The van der Waals surface area contributed by atoms with Gasteiger partial charge in [-0.1, -0.05) is 91.0 Å². The van der Waals surface area contributed by atoms with Crippen LogP contribution in [0.25, 0.3) is 11.1 Å². The van der Waals surface area contributed by atoms with Crippen LogP contribution in [0.1, 0.15) is 29.2 Å². The summed E-state index contributed by atoms with van der Waals surface area (Å²) in [7, 11) is 2.59. The number of carbonyl (C=O) groups is 2. The molecule has 1 aliphatic carbocycles. The van der Waals surface area contributed by atoms with E-state index in [1.165, 1.54) is 14.2 Å². The number of esters is 2. The minimum absolute atomic E-state index is 0.114. The van der Waals surface area contributed by atoms with E-state index < -0.39 is 29.1 Å². The van der Waals surface area contributed by atoms with Gasteiger partial charge in [-0.15, -0.1) is 0 Å². The van der Waals surface area contributed by atoms with Crippen LogP contribution in [-0.4, -0.2) is 31.8 Å². The summed E-state index contributed by atoms with van der Waals surface area (Å²) in [4.78, 5) is 27.0. The summed E-state index contributed by atoms with van der Waals surface area (Å²) in [6.45, 7) is 0. The fourth-order valence-electron chi connectivity index (χ4n) is 5.23. The highest BCUT2D eigenvalue weighted by Gasteiger charge is 2.80. The summed E-state index contributed by atoms with van der Waals surface area (Å²) in [5, 5.41) is 0. The third kappa shape index (κ3) is 2.96. The van der Waals surface area contributed by atoms with Crippen molar-refractivity contribution >= 4 is 23.1 Å². The smallest absolute Gasteiger partial charge is 0.327 e. The molecule has 3 aromatic rings. The highest BCUT2D eigenvalue weighted by Crippen LogP contribution is 2.73. The average molecular weight is 440 g/mol. The predicted molar refractivity (Wildman–Crippen MR) is 124 cm³/mol. The van der Waals surface area contributed by atoms with E-state index in [1.807, 2.05) is 91.0 Å². The van der Waals surface area contributed by atoms with E-state index in [1.54, 1.807) is 0 Å². The zero-order valence-electron chi connectivity index (χ0n) is 18.5. The first-order chi connectivity index (χ1) is 16.1. The van der Waals surface area contributed by atoms with Gasteiger partial charge < -0.3 is 14.2 Å². The van der Waals surface area contributed by atoms with Gasteiger partial charge in [0.1, 0.15) is 5.60 Å². The molecule has 0 N–H and O–H groups in total. The molecule has 5 rings (SSSR count). The van der Waals surface area contributed by atoms with E-state index in [-0.39, 0.29) is 6.42 Å². The van der Waals surface area contributed by atoms with Crippen LogP contribution < -0.4 is 0 Å². The van der Waals surface area contributed by atoms with Gasteiger partial charge in [-0.05, 0) is 16.7 Å². The van der Waals surface area contributed by atoms with Crippen molar-refractivity contribution in [3.63, 3.8) is 0 Å². The highest BCUT2D eigenvalue weighted by molar-refractivity contribution is 6.25. The van der Waals surface area contributed by atoms with E-state index in [0.717, 1.165) is 27.8 Å². The molecule has 5 nitrogen and oxygen atoms in total. The molecule has 1 atom stereocenters. The molecule has 1 aliphatic heterocycles. The number of hydrogen-bond acceptors (Lipinski definition) is 5. The van der Waals surface area contributed by atoms with Crippen LogP contribution in [0.4, 0.5) is 0 Å². The van der Waals surface area contributed by atoms with Crippen LogP contribution in [-0.2, 0) is 23.8 Å². The largest absolute Gasteiger partial charge is 0.468 e. The van der Waals surface area contributed by atoms with Crippen molar-refractivity contribution in [2.45, 2.75) is 18.1 Å². The van der Waals surface area contributed by atoms with Gasteiger partial charge in [0.2, 0.25) is 5.41 Å². The van der Waals surface area contributed by atoms with Gasteiger partial charge in [-0.2, -0.15) is 0 Å². The maximum atomic E-state index is 13.5. The molecule has 5 heteroatoms. The number of benzene rings is 3. The molecule has 166 valence electrons. The molecule has 0 bridgehead atoms. The molecule has 0 aromatic heterocycles. The Morgan fingerprint density at radius 3 is 1.58 bits per heavy atom. The SMILES string of the molecule is COC(=O)C1(C(=O)OC)CC(c2ccccc2)OC12C(c1ccccc1)=C2c1ccccc1. The molecular formula is C28H24O5. The Hall–Kier alpha value is -3.70. The molecule has 0 radical (unpaired) electrons. The van der Waals surface area contributed by atoms with Gasteiger partial charge >= 0.3 is 11.9 Å². The average Bonchev–Trinajstić information content (AvgIpc) is 3.42. The molecule has 1 unspecified atom stereocenters. The lowest BCUT2D eigenvalue weighted by molar-refractivity contribution is -0.173. The third-order valence-corrected chi connectivity index (χ3v) is 6.67. The number of rotatable bonds is 5. The molecule has 1 saturated heterocycles. The fraction of sp³-hybridized carbons (Fsp3) is 0.214. The maximum absolute atomic E-state index is 13.5. The third-order valence-electron chi connectivity index (χ3n) is 6.67. The minimum Gasteiger partial charge on any atom is -0.468 e. The maximum Gasteiger partial charge on any atom is 0.327 e. The first-order valence-electron chi connectivity index (χ1n) is 10.9. The Labute approximate surface area is 192 Å². The molecule has 33 heavy (non-hydrogen) atoms. The summed E-state index contributed by atoms with van der Waals surface area (Å²) in [5.41, 5.74) is 1.32. The van der Waals surface area contributed by atoms with Crippen molar-refractivity contribution in [2.24, 2.45) is 5.41 Å². The molecule has 1 heterocycles. The van der Waals surface area contributed by atoms with Gasteiger partial charge in [0.05, 0.1) is 20.3 Å². The second-order valence-corrected chi connectivity index (χ2v) is 8.27. The zero-order valence-corrected chi connectivity index (χ0v) is 18.5. The first kappa shape index (κ1) is 21.2. The Kier molecular flexibility index (Phi) is 5.14. The van der Waals surface area contributed by atoms with Crippen LogP contribution in [0.3, 0.4) is 0 Å². The van der Waals surface area contributed by atoms with Gasteiger partial charge in [0, 0.05) is 17.6 Å². The van der Waals surface area contributed by atoms with Crippen LogP contribution in [0.15, 0.2) is 91.0 Å². The number of carbonyl (C=O) groups excluding carboxylic acids is 2. The molecule has 1 fully saturated rings. The van der Waals surface area contributed by atoms with Crippen molar-refractivity contribution in [1.82, 2.24) is 0 Å². The van der Waals surface area contributed by atoms with Crippen molar-refractivity contribution in [1.29, 1.82) is 0 Å². The molecule has 0 saturated carbocycles. The van der Waals surface area contributed by atoms with Crippen molar-refractivity contribution in [3.05, 3.63) is 108 Å². The second kappa shape index (κ2) is 8.01. The Balaban J connectivity index is 1.76. The standard InChI is InChI=1S/C28H24O5/c1-31-25(29)27(26(30)32-2)18-22(19-12-6-3-7-13-19)33-28(27)23(20-14-8-4-9-15-20)24(28)21-16-10-5-11-17-21/h3-17,22H,18H2,1-2H3. The zero-order chi connectivity index (χ0) is 23.1. The minimum atomic E-state index is -1.67. The van der Waals surface area contributed by atoms with Gasteiger partial charge in [0.15, 0.2) is 0 Å². The van der Waals surface area contributed by atoms with E-state index in [4.69, 9.17) is 14.2 Å². The number of methoxy groups -OCH3 is 2. The van der Waals surface area contributed by atoms with E-state index in [0.29, 0.717) is 0 Å². The summed E-state index contributed by atoms with van der Waals surface area (Å²) < 4.78 is 17.3. The number of hydrogen-bond donors (Lipinski definition) is 0. The summed E-state index contributed by atoms with van der Waals surface area (Å²) in [5.74, 6) is -1.32. The molecule has 3 aromatic carbocycles. The van der Waals surface area contributed by atoms with Gasteiger partial charge in [0.25, 0.3) is 0 Å².